The van der Waals surface area contributed by atoms with Gasteiger partial charge >= 0.3 is 5.97 Å². The number of carbonyl (C=O) groups excluding carboxylic acids is 1. The Balaban J connectivity index is 1.34. The Bertz CT molecular complexity index is 1220. The summed E-state index contributed by atoms with van der Waals surface area (Å²) in [6.45, 7) is 0. The van der Waals surface area contributed by atoms with Crippen LogP contribution in [0.25, 0.3) is 11.3 Å². The van der Waals surface area contributed by atoms with E-state index in [2.05, 4.69) is 15.5 Å². The van der Waals surface area contributed by atoms with Crippen LogP contribution in [0.3, 0.4) is 0 Å². The first-order chi connectivity index (χ1) is 15.1. The van der Waals surface area contributed by atoms with E-state index in [1.807, 2.05) is 29.6 Å². The minimum Gasteiger partial charge on any atom is -0.423 e. The number of hydrogen-bond donors (Lipinski definition) is 1. The van der Waals surface area contributed by atoms with Gasteiger partial charge in [0.2, 0.25) is 5.13 Å². The lowest BCUT2D eigenvalue weighted by molar-refractivity contribution is 0.0735. The average molecular weight is 468 g/mol. The number of ether oxygens (including phenoxy) is 1. The van der Waals surface area contributed by atoms with Crippen molar-refractivity contribution >= 4 is 51.9 Å². The van der Waals surface area contributed by atoms with Crippen molar-refractivity contribution in [1.29, 1.82) is 0 Å². The average Bonchev–Trinajstić information content (AvgIpc) is 3.24. The van der Waals surface area contributed by atoms with E-state index in [9.17, 15) is 4.79 Å². The van der Waals surface area contributed by atoms with Gasteiger partial charge in [-0.05, 0) is 60.2 Å². The van der Waals surface area contributed by atoms with Crippen molar-refractivity contribution in [3.05, 3.63) is 99.3 Å². The van der Waals surface area contributed by atoms with E-state index < -0.39 is 5.97 Å². The summed E-state index contributed by atoms with van der Waals surface area (Å²) in [6.07, 6.45) is 1.66. The molecule has 0 radical (unpaired) electrons. The minimum absolute atomic E-state index is 0.392. The van der Waals surface area contributed by atoms with Gasteiger partial charge in [-0.3, -0.25) is 5.43 Å². The smallest absolute Gasteiger partial charge is 0.343 e. The number of halogens is 2. The summed E-state index contributed by atoms with van der Waals surface area (Å²) in [6, 6.07) is 21.1. The van der Waals surface area contributed by atoms with Crippen LogP contribution >= 0.6 is 34.5 Å². The number of nitrogens with zero attached hydrogens (tertiary/aromatic N) is 2. The Morgan fingerprint density at radius 1 is 1.00 bits per heavy atom. The molecule has 0 atom stereocenters. The van der Waals surface area contributed by atoms with Crippen LogP contribution in [0, 0.1) is 0 Å². The van der Waals surface area contributed by atoms with Crippen molar-refractivity contribution in [3.63, 3.8) is 0 Å². The van der Waals surface area contributed by atoms with Crippen molar-refractivity contribution in [1.82, 2.24) is 4.98 Å². The third-order valence-electron chi connectivity index (χ3n) is 4.17. The van der Waals surface area contributed by atoms with Crippen molar-refractivity contribution in [2.45, 2.75) is 0 Å². The number of hydrogen-bond acceptors (Lipinski definition) is 6. The van der Waals surface area contributed by atoms with Crippen LogP contribution in [0.2, 0.25) is 10.0 Å². The molecule has 0 aliphatic rings. The minimum atomic E-state index is -0.467. The number of rotatable bonds is 6. The highest BCUT2D eigenvalue weighted by Gasteiger charge is 2.09. The lowest BCUT2D eigenvalue weighted by Gasteiger charge is -2.05. The highest BCUT2D eigenvalue weighted by Crippen LogP contribution is 2.26. The number of benzene rings is 3. The Kier molecular flexibility index (Phi) is 6.62. The van der Waals surface area contributed by atoms with Crippen LogP contribution in [-0.4, -0.2) is 17.2 Å². The van der Waals surface area contributed by atoms with Crippen LogP contribution in [-0.2, 0) is 0 Å². The molecule has 0 unspecified atom stereocenters. The van der Waals surface area contributed by atoms with Gasteiger partial charge in [0.15, 0.2) is 0 Å². The number of thiazole rings is 1. The standard InChI is InChI=1S/C23H15Cl2N3O2S/c24-18-8-6-16(7-9-18)21-14-31-23(27-21)28-26-13-15-4-10-20(11-5-15)30-22(29)17-2-1-3-19(25)12-17/h1-14H,(H,27,28)/b26-13+. The van der Waals surface area contributed by atoms with Gasteiger partial charge in [-0.1, -0.05) is 41.4 Å². The molecule has 4 aromatic rings. The molecule has 0 amide bonds. The molecule has 4 rings (SSSR count). The molecule has 1 aromatic heterocycles. The van der Waals surface area contributed by atoms with E-state index in [1.165, 1.54) is 11.3 Å². The molecule has 1 heterocycles. The number of anilines is 1. The first-order valence-electron chi connectivity index (χ1n) is 9.15. The molecular weight excluding hydrogens is 453 g/mol. The van der Waals surface area contributed by atoms with Crippen molar-refractivity contribution in [3.8, 4) is 17.0 Å². The number of aromatic nitrogens is 1. The van der Waals surface area contributed by atoms with Crippen LogP contribution in [0.4, 0.5) is 5.13 Å². The van der Waals surface area contributed by atoms with Crippen molar-refractivity contribution in [2.75, 3.05) is 5.43 Å². The predicted octanol–water partition coefficient (Wildman–Crippen LogP) is 6.78. The molecule has 3 aromatic carbocycles. The normalized spacial score (nSPS) is 10.9. The lowest BCUT2D eigenvalue weighted by atomic mass is 10.2. The topological polar surface area (TPSA) is 63.6 Å². The summed E-state index contributed by atoms with van der Waals surface area (Å²) in [5.41, 5.74) is 5.99. The lowest BCUT2D eigenvalue weighted by Crippen LogP contribution is -2.08. The van der Waals surface area contributed by atoms with E-state index in [4.69, 9.17) is 27.9 Å². The van der Waals surface area contributed by atoms with E-state index in [0.717, 1.165) is 16.8 Å². The molecule has 0 spiro atoms. The fraction of sp³-hybridized carbons (Fsp3) is 0. The second-order valence-corrected chi connectivity index (χ2v) is 8.11. The summed E-state index contributed by atoms with van der Waals surface area (Å²) in [5, 5.41) is 8.00. The molecule has 1 N–H and O–H groups in total. The maximum Gasteiger partial charge on any atom is 0.343 e. The summed E-state index contributed by atoms with van der Waals surface area (Å²) in [4.78, 5) is 16.7. The Morgan fingerprint density at radius 2 is 1.77 bits per heavy atom. The quantitative estimate of drug-likeness (QED) is 0.147. The molecule has 8 heteroatoms. The number of carbonyl (C=O) groups is 1. The molecule has 5 nitrogen and oxygen atoms in total. The first kappa shape index (κ1) is 21.1. The van der Waals surface area contributed by atoms with Gasteiger partial charge in [-0.2, -0.15) is 5.10 Å². The number of hydrazone groups is 1. The van der Waals surface area contributed by atoms with Crippen molar-refractivity contribution in [2.24, 2.45) is 5.10 Å². The maximum absolute atomic E-state index is 12.2. The molecule has 154 valence electrons. The van der Waals surface area contributed by atoms with Gasteiger partial charge in [0, 0.05) is 21.0 Å². The fourth-order valence-electron chi connectivity index (χ4n) is 2.64. The van der Waals surface area contributed by atoms with Gasteiger partial charge in [-0.15, -0.1) is 11.3 Å². The molecule has 0 fully saturated rings. The third kappa shape index (κ3) is 5.70. The van der Waals surface area contributed by atoms with Crippen LogP contribution < -0.4 is 10.2 Å². The van der Waals surface area contributed by atoms with Gasteiger partial charge in [0.25, 0.3) is 0 Å². The van der Waals surface area contributed by atoms with E-state index in [1.54, 1.807) is 54.7 Å². The van der Waals surface area contributed by atoms with E-state index >= 15 is 0 Å². The SMILES string of the molecule is O=C(Oc1ccc(/C=N/Nc2nc(-c3ccc(Cl)cc3)cs2)cc1)c1cccc(Cl)c1. The summed E-state index contributed by atoms with van der Waals surface area (Å²) in [5.74, 6) is -0.0338. The molecule has 0 saturated heterocycles. The van der Waals surface area contributed by atoms with Crippen LogP contribution in [0.1, 0.15) is 15.9 Å². The summed E-state index contributed by atoms with van der Waals surface area (Å²) in [7, 11) is 0. The van der Waals surface area contributed by atoms with E-state index in [0.29, 0.717) is 26.5 Å². The Hall–Kier alpha value is -3.19. The van der Waals surface area contributed by atoms with Gasteiger partial charge in [0.1, 0.15) is 5.75 Å². The van der Waals surface area contributed by atoms with Crippen LogP contribution in [0.5, 0.6) is 5.75 Å². The Labute approximate surface area is 192 Å². The second-order valence-electron chi connectivity index (χ2n) is 6.38. The maximum atomic E-state index is 12.2. The molecule has 0 saturated carbocycles. The largest absolute Gasteiger partial charge is 0.423 e. The Morgan fingerprint density at radius 3 is 2.52 bits per heavy atom. The third-order valence-corrected chi connectivity index (χ3v) is 5.40. The highest BCUT2D eigenvalue weighted by molar-refractivity contribution is 7.14. The molecule has 0 aliphatic heterocycles. The molecular formula is C23H15Cl2N3O2S. The zero-order valence-electron chi connectivity index (χ0n) is 16.0. The summed E-state index contributed by atoms with van der Waals surface area (Å²) >= 11 is 13.3. The predicted molar refractivity (Wildman–Crippen MR) is 127 cm³/mol. The van der Waals surface area contributed by atoms with Crippen LogP contribution in [0.15, 0.2) is 83.3 Å². The molecule has 31 heavy (non-hydrogen) atoms. The fourth-order valence-corrected chi connectivity index (χ4v) is 3.63. The van der Waals surface area contributed by atoms with E-state index in [-0.39, 0.29) is 0 Å². The second kappa shape index (κ2) is 9.75. The number of nitrogens with one attached hydrogen (secondary N) is 1. The summed E-state index contributed by atoms with van der Waals surface area (Å²) < 4.78 is 5.36. The van der Waals surface area contributed by atoms with Gasteiger partial charge in [0.05, 0.1) is 17.5 Å². The number of esters is 1. The van der Waals surface area contributed by atoms with Gasteiger partial charge in [-0.25, -0.2) is 9.78 Å². The van der Waals surface area contributed by atoms with Gasteiger partial charge < -0.3 is 4.74 Å². The zero-order chi connectivity index (χ0) is 21.6. The monoisotopic (exact) mass is 467 g/mol. The highest BCUT2D eigenvalue weighted by atomic mass is 35.5. The molecule has 0 bridgehead atoms. The first-order valence-corrected chi connectivity index (χ1v) is 10.8. The molecule has 0 aliphatic carbocycles. The zero-order valence-corrected chi connectivity index (χ0v) is 18.3. The van der Waals surface area contributed by atoms with Crippen molar-refractivity contribution < 1.29 is 9.53 Å².